The lowest BCUT2D eigenvalue weighted by Crippen LogP contribution is -2.22. The predicted octanol–water partition coefficient (Wildman–Crippen LogP) is 3.78. The molecule has 0 amide bonds. The molecule has 0 aliphatic heterocycles. The summed E-state index contributed by atoms with van der Waals surface area (Å²) in [6.07, 6.45) is -4.65. The zero-order chi connectivity index (χ0) is 17.2. The number of benzene rings is 2. The van der Waals surface area contributed by atoms with Crippen molar-refractivity contribution in [2.45, 2.75) is 12.1 Å². The Kier molecular flexibility index (Phi) is 4.40. The van der Waals surface area contributed by atoms with E-state index in [1.807, 2.05) is 0 Å². The van der Waals surface area contributed by atoms with Crippen molar-refractivity contribution in [2.75, 3.05) is 0 Å². The molecule has 0 aliphatic rings. The molecule has 2 N–H and O–H groups in total. The van der Waals surface area contributed by atoms with Gasteiger partial charge in [0, 0.05) is 0 Å². The van der Waals surface area contributed by atoms with Gasteiger partial charge >= 0.3 is 18.1 Å². The van der Waals surface area contributed by atoms with E-state index < -0.39 is 35.2 Å². The van der Waals surface area contributed by atoms with E-state index in [-0.39, 0.29) is 11.1 Å². The maximum absolute atomic E-state index is 13.4. The van der Waals surface area contributed by atoms with E-state index in [1.54, 1.807) is 6.07 Å². The molecule has 0 radical (unpaired) electrons. The molecule has 120 valence electrons. The second-order valence-electron chi connectivity index (χ2n) is 4.80. The summed E-state index contributed by atoms with van der Waals surface area (Å²) < 4.78 is 40.3. The van der Waals surface area contributed by atoms with E-state index >= 15 is 0 Å². The highest BCUT2D eigenvalue weighted by Gasteiger charge is 2.42. The zero-order valence-electron chi connectivity index (χ0n) is 11.5. The summed E-state index contributed by atoms with van der Waals surface area (Å²) in [5.41, 5.74) is -1.62. The molecule has 0 fully saturated rings. The van der Waals surface area contributed by atoms with Gasteiger partial charge in [0.2, 0.25) is 0 Å². The summed E-state index contributed by atoms with van der Waals surface area (Å²) in [6, 6.07) is 9.64. The molecule has 4 nitrogen and oxygen atoms in total. The number of carboxylic acids is 2. The second kappa shape index (κ2) is 6.12. The Bertz CT molecular complexity index is 739. The minimum absolute atomic E-state index is 0.0561. The first-order valence-electron chi connectivity index (χ1n) is 6.44. The molecule has 0 bridgehead atoms. The van der Waals surface area contributed by atoms with Gasteiger partial charge in [-0.25, -0.2) is 9.59 Å². The number of halogens is 3. The van der Waals surface area contributed by atoms with Crippen molar-refractivity contribution in [3.63, 3.8) is 0 Å². The number of alkyl halides is 3. The first-order chi connectivity index (χ1) is 10.7. The largest absolute Gasteiger partial charge is 0.478 e. The quantitative estimate of drug-likeness (QED) is 0.897. The second-order valence-corrected chi connectivity index (χ2v) is 4.80. The van der Waals surface area contributed by atoms with Crippen LogP contribution < -0.4 is 0 Å². The number of hydrogen-bond donors (Lipinski definition) is 2. The number of rotatable bonds is 4. The Morgan fingerprint density at radius 2 is 1.39 bits per heavy atom. The number of hydrogen-bond acceptors (Lipinski definition) is 2. The summed E-state index contributed by atoms with van der Waals surface area (Å²) >= 11 is 0. The van der Waals surface area contributed by atoms with Crippen molar-refractivity contribution in [3.8, 4) is 0 Å². The molecule has 1 unspecified atom stereocenters. The van der Waals surface area contributed by atoms with Gasteiger partial charge < -0.3 is 10.2 Å². The van der Waals surface area contributed by atoms with Crippen LogP contribution in [-0.2, 0) is 0 Å². The molecule has 0 aliphatic carbocycles. The average molecular weight is 324 g/mol. The first-order valence-corrected chi connectivity index (χ1v) is 6.44. The molecule has 0 spiro atoms. The third-order valence-corrected chi connectivity index (χ3v) is 3.30. The van der Waals surface area contributed by atoms with Gasteiger partial charge in [0.1, 0.15) is 5.92 Å². The summed E-state index contributed by atoms with van der Waals surface area (Å²) in [7, 11) is 0. The fourth-order valence-electron chi connectivity index (χ4n) is 2.32. The van der Waals surface area contributed by atoms with E-state index in [0.29, 0.717) is 0 Å². The monoisotopic (exact) mass is 324 g/mol. The van der Waals surface area contributed by atoms with E-state index in [1.165, 1.54) is 24.3 Å². The van der Waals surface area contributed by atoms with E-state index in [4.69, 9.17) is 10.2 Å². The summed E-state index contributed by atoms with van der Waals surface area (Å²) in [5.74, 6) is -5.15. The van der Waals surface area contributed by atoms with Crippen molar-refractivity contribution < 1.29 is 33.0 Å². The van der Waals surface area contributed by atoms with Crippen LogP contribution in [0.15, 0.2) is 48.5 Å². The van der Waals surface area contributed by atoms with Crippen LogP contribution in [0.5, 0.6) is 0 Å². The van der Waals surface area contributed by atoms with Crippen LogP contribution in [0.1, 0.15) is 37.8 Å². The topological polar surface area (TPSA) is 74.6 Å². The number of carbonyl (C=O) groups is 2. The molecule has 2 rings (SSSR count). The maximum Gasteiger partial charge on any atom is 0.399 e. The Morgan fingerprint density at radius 3 is 1.87 bits per heavy atom. The van der Waals surface area contributed by atoms with Crippen LogP contribution in [-0.4, -0.2) is 28.3 Å². The minimum atomic E-state index is -4.65. The predicted molar refractivity (Wildman–Crippen MR) is 74.7 cm³/mol. The van der Waals surface area contributed by atoms with Gasteiger partial charge in [0.25, 0.3) is 0 Å². The Hall–Kier alpha value is -2.83. The lowest BCUT2D eigenvalue weighted by molar-refractivity contribution is -0.141. The lowest BCUT2D eigenvalue weighted by atomic mass is 9.88. The van der Waals surface area contributed by atoms with Crippen LogP contribution in [0.3, 0.4) is 0 Å². The number of carboxylic acid groups (broad SMARTS) is 2. The van der Waals surface area contributed by atoms with Crippen molar-refractivity contribution >= 4 is 11.9 Å². The third-order valence-electron chi connectivity index (χ3n) is 3.30. The average Bonchev–Trinajstić information content (AvgIpc) is 2.46. The van der Waals surface area contributed by atoms with Crippen molar-refractivity contribution in [1.82, 2.24) is 0 Å². The molecule has 23 heavy (non-hydrogen) atoms. The lowest BCUT2D eigenvalue weighted by Gasteiger charge is -2.22. The summed E-state index contributed by atoms with van der Waals surface area (Å²) in [5, 5.41) is 18.0. The first kappa shape index (κ1) is 16.5. The van der Waals surface area contributed by atoms with Crippen LogP contribution in [0, 0.1) is 0 Å². The van der Waals surface area contributed by atoms with Gasteiger partial charge in [-0.05, 0) is 23.3 Å². The zero-order valence-corrected chi connectivity index (χ0v) is 11.5. The minimum Gasteiger partial charge on any atom is -0.478 e. The van der Waals surface area contributed by atoms with Gasteiger partial charge in [0.05, 0.1) is 11.1 Å². The van der Waals surface area contributed by atoms with Gasteiger partial charge in [-0.2, -0.15) is 13.2 Å². The third kappa shape index (κ3) is 3.50. The fourth-order valence-corrected chi connectivity index (χ4v) is 2.32. The number of aromatic carboxylic acids is 2. The summed E-state index contributed by atoms with van der Waals surface area (Å²) in [4.78, 5) is 22.1. The van der Waals surface area contributed by atoms with E-state index in [0.717, 1.165) is 18.2 Å². The van der Waals surface area contributed by atoms with Gasteiger partial charge in [0.15, 0.2) is 0 Å². The molecule has 1 atom stereocenters. The SMILES string of the molecule is O=C(O)c1ccc(C(c2ccccc2)C(F)(F)F)cc1C(=O)O. The molecular formula is C16H11F3O4. The van der Waals surface area contributed by atoms with Crippen LogP contribution in [0.4, 0.5) is 13.2 Å². The summed E-state index contributed by atoms with van der Waals surface area (Å²) in [6.45, 7) is 0. The van der Waals surface area contributed by atoms with Crippen molar-refractivity contribution in [3.05, 3.63) is 70.8 Å². The molecule has 2 aromatic carbocycles. The highest BCUT2D eigenvalue weighted by Crippen LogP contribution is 2.40. The maximum atomic E-state index is 13.4. The van der Waals surface area contributed by atoms with E-state index in [2.05, 4.69) is 0 Å². The normalized spacial score (nSPS) is 12.7. The highest BCUT2D eigenvalue weighted by molar-refractivity contribution is 6.01. The van der Waals surface area contributed by atoms with Gasteiger partial charge in [-0.3, -0.25) is 0 Å². The van der Waals surface area contributed by atoms with Crippen LogP contribution in [0.25, 0.3) is 0 Å². The standard InChI is InChI=1S/C16H11F3O4/c17-16(18,19)13(9-4-2-1-3-5-9)10-6-7-11(14(20)21)12(8-10)15(22)23/h1-8,13H,(H,20,21)(H,22,23). The highest BCUT2D eigenvalue weighted by atomic mass is 19.4. The fraction of sp³-hybridized carbons (Fsp3) is 0.125. The van der Waals surface area contributed by atoms with Crippen LogP contribution in [0.2, 0.25) is 0 Å². The Labute approximate surface area is 128 Å². The molecule has 0 saturated heterocycles. The van der Waals surface area contributed by atoms with Crippen LogP contribution >= 0.6 is 0 Å². The van der Waals surface area contributed by atoms with Crippen molar-refractivity contribution in [1.29, 1.82) is 0 Å². The van der Waals surface area contributed by atoms with Gasteiger partial charge in [-0.15, -0.1) is 0 Å². The van der Waals surface area contributed by atoms with E-state index in [9.17, 15) is 22.8 Å². The Balaban J connectivity index is 2.63. The molecule has 7 heteroatoms. The van der Waals surface area contributed by atoms with Crippen molar-refractivity contribution in [2.24, 2.45) is 0 Å². The molecular weight excluding hydrogens is 313 g/mol. The molecule has 0 aromatic heterocycles. The molecule has 0 saturated carbocycles. The molecule has 2 aromatic rings. The smallest absolute Gasteiger partial charge is 0.399 e. The Morgan fingerprint density at radius 1 is 0.826 bits per heavy atom. The molecule has 0 heterocycles. The van der Waals surface area contributed by atoms with Gasteiger partial charge in [-0.1, -0.05) is 36.4 Å².